The van der Waals surface area contributed by atoms with E-state index in [0.29, 0.717) is 0 Å². The molecule has 0 aliphatic rings. The van der Waals surface area contributed by atoms with E-state index in [4.69, 9.17) is 10.2 Å². The minimum absolute atomic E-state index is 0.0468. The molecular formula is C8H12F2N2O3S. The minimum atomic E-state index is -3.95. The zero-order valence-electron chi connectivity index (χ0n) is 8.54. The highest BCUT2D eigenvalue weighted by Crippen LogP contribution is 2.19. The number of hydrogen-bond donors (Lipinski definition) is 2. The number of rotatable bonds is 5. The lowest BCUT2D eigenvalue weighted by Crippen LogP contribution is -2.28. The Morgan fingerprint density at radius 2 is 2.19 bits per heavy atom. The Hall–Kier alpha value is -0.990. The number of aryl methyl sites for hydroxylation is 1. The van der Waals surface area contributed by atoms with Crippen molar-refractivity contribution >= 4 is 10.0 Å². The number of hydrogen-bond acceptors (Lipinski definition) is 4. The highest BCUT2D eigenvalue weighted by molar-refractivity contribution is 7.89. The summed E-state index contributed by atoms with van der Waals surface area (Å²) in [5.41, 5.74) is 5.27. The van der Waals surface area contributed by atoms with Gasteiger partial charge in [0.2, 0.25) is 10.0 Å². The van der Waals surface area contributed by atoms with Gasteiger partial charge < -0.3 is 10.2 Å². The van der Waals surface area contributed by atoms with Crippen LogP contribution in [-0.4, -0.2) is 21.4 Å². The average Bonchev–Trinajstić information content (AvgIpc) is 2.57. The summed E-state index contributed by atoms with van der Waals surface area (Å²) < 4.78 is 53.6. The third-order valence-corrected chi connectivity index (χ3v) is 3.37. The molecule has 3 N–H and O–H groups in total. The molecular weight excluding hydrogens is 242 g/mol. The van der Waals surface area contributed by atoms with Crippen molar-refractivity contribution < 1.29 is 21.6 Å². The second-order valence-corrected chi connectivity index (χ2v) is 4.82. The molecule has 0 saturated carbocycles. The van der Waals surface area contributed by atoms with Crippen molar-refractivity contribution in [3.05, 3.63) is 17.6 Å². The van der Waals surface area contributed by atoms with Gasteiger partial charge in [-0.25, -0.2) is 21.9 Å². The molecule has 0 saturated heterocycles. The predicted octanol–water partition coefficient (Wildman–Crippen LogP) is 0.590. The molecule has 8 heteroatoms. The lowest BCUT2D eigenvalue weighted by molar-refractivity contribution is 0.153. The van der Waals surface area contributed by atoms with E-state index in [1.807, 2.05) is 0 Å². The number of sulfonamides is 1. The monoisotopic (exact) mass is 254 g/mol. The molecule has 0 bridgehead atoms. The first-order chi connectivity index (χ1) is 7.36. The van der Waals surface area contributed by atoms with Gasteiger partial charge in [-0.2, -0.15) is 0 Å². The van der Waals surface area contributed by atoms with Gasteiger partial charge in [-0.15, -0.1) is 0 Å². The third-order valence-electron chi connectivity index (χ3n) is 1.84. The van der Waals surface area contributed by atoms with Crippen LogP contribution in [-0.2, 0) is 16.6 Å². The van der Waals surface area contributed by atoms with Crippen molar-refractivity contribution in [1.29, 1.82) is 0 Å². The maximum absolute atomic E-state index is 11.9. The Balaban J connectivity index is 2.93. The summed E-state index contributed by atoms with van der Waals surface area (Å²) >= 11 is 0. The summed E-state index contributed by atoms with van der Waals surface area (Å²) in [6.07, 6.45) is -2.74. The first kappa shape index (κ1) is 13.1. The van der Waals surface area contributed by atoms with E-state index >= 15 is 0 Å². The number of nitrogens with two attached hydrogens (primary N) is 1. The van der Waals surface area contributed by atoms with E-state index in [1.165, 1.54) is 13.0 Å². The molecule has 0 spiro atoms. The fourth-order valence-electron chi connectivity index (χ4n) is 1.14. The lowest BCUT2D eigenvalue weighted by atomic mass is 10.4. The highest BCUT2D eigenvalue weighted by atomic mass is 32.2. The maximum Gasteiger partial charge on any atom is 0.251 e. The summed E-state index contributed by atoms with van der Waals surface area (Å²) in [5.74, 6) is 0.414. The van der Waals surface area contributed by atoms with Crippen LogP contribution in [0.5, 0.6) is 0 Å². The van der Waals surface area contributed by atoms with Crippen LogP contribution in [0.2, 0.25) is 0 Å². The molecule has 16 heavy (non-hydrogen) atoms. The molecule has 0 radical (unpaired) electrons. The predicted molar refractivity (Wildman–Crippen MR) is 52.5 cm³/mol. The van der Waals surface area contributed by atoms with E-state index in [0.717, 1.165) is 0 Å². The molecule has 1 aromatic rings. The van der Waals surface area contributed by atoms with Gasteiger partial charge in [0.05, 0.1) is 13.1 Å². The molecule has 0 aliphatic carbocycles. The molecule has 0 aliphatic heterocycles. The highest BCUT2D eigenvalue weighted by Gasteiger charge is 2.21. The van der Waals surface area contributed by atoms with Crippen LogP contribution in [0.3, 0.4) is 0 Å². The number of alkyl halides is 2. The van der Waals surface area contributed by atoms with Crippen molar-refractivity contribution in [1.82, 2.24) is 4.72 Å². The van der Waals surface area contributed by atoms with Crippen LogP contribution < -0.4 is 10.5 Å². The van der Waals surface area contributed by atoms with Gasteiger partial charge in [-0.3, -0.25) is 0 Å². The molecule has 1 rings (SSSR count). The van der Waals surface area contributed by atoms with E-state index in [-0.39, 0.29) is 23.0 Å². The maximum atomic E-state index is 11.9. The molecule has 1 heterocycles. The van der Waals surface area contributed by atoms with Crippen LogP contribution in [0.15, 0.2) is 15.4 Å². The largest absolute Gasteiger partial charge is 0.464 e. The van der Waals surface area contributed by atoms with E-state index < -0.39 is 23.0 Å². The number of furan rings is 1. The second kappa shape index (κ2) is 4.89. The van der Waals surface area contributed by atoms with Crippen molar-refractivity contribution in [2.75, 3.05) is 6.54 Å². The quantitative estimate of drug-likeness (QED) is 0.805. The minimum Gasteiger partial charge on any atom is -0.464 e. The van der Waals surface area contributed by atoms with E-state index in [1.54, 1.807) is 4.72 Å². The van der Waals surface area contributed by atoms with Gasteiger partial charge in [0.1, 0.15) is 16.4 Å². The molecule has 0 fully saturated rings. The zero-order chi connectivity index (χ0) is 12.3. The van der Waals surface area contributed by atoms with Crippen LogP contribution in [0.25, 0.3) is 0 Å². The summed E-state index contributed by atoms with van der Waals surface area (Å²) in [4.78, 5) is -0.159. The second-order valence-electron chi connectivity index (χ2n) is 3.08. The van der Waals surface area contributed by atoms with Crippen molar-refractivity contribution in [3.8, 4) is 0 Å². The van der Waals surface area contributed by atoms with Crippen molar-refractivity contribution in [3.63, 3.8) is 0 Å². The summed E-state index contributed by atoms with van der Waals surface area (Å²) in [7, 11) is -3.95. The van der Waals surface area contributed by atoms with Crippen LogP contribution in [0.4, 0.5) is 8.78 Å². The van der Waals surface area contributed by atoms with E-state index in [9.17, 15) is 17.2 Å². The summed E-state index contributed by atoms with van der Waals surface area (Å²) in [6, 6.07) is 1.23. The SMILES string of the molecule is Cc1oc(CN)cc1S(=O)(=O)NCC(F)F. The van der Waals surface area contributed by atoms with Gasteiger partial charge in [0.25, 0.3) is 6.43 Å². The average molecular weight is 254 g/mol. The third kappa shape index (κ3) is 3.00. The molecule has 0 unspecified atom stereocenters. The van der Waals surface area contributed by atoms with Gasteiger partial charge in [0.15, 0.2) is 0 Å². The fraction of sp³-hybridized carbons (Fsp3) is 0.500. The Kier molecular flexibility index (Phi) is 4.00. The molecule has 92 valence electrons. The number of halogens is 2. The van der Waals surface area contributed by atoms with Crippen LogP contribution >= 0.6 is 0 Å². The molecule has 0 amide bonds. The van der Waals surface area contributed by atoms with E-state index in [2.05, 4.69) is 0 Å². The van der Waals surface area contributed by atoms with Crippen molar-refractivity contribution in [2.24, 2.45) is 5.73 Å². The molecule has 5 nitrogen and oxygen atoms in total. The van der Waals surface area contributed by atoms with Gasteiger partial charge in [-0.1, -0.05) is 0 Å². The Bertz CT molecular complexity index is 456. The normalized spacial score (nSPS) is 12.3. The standard InChI is InChI=1S/C8H12F2N2O3S/c1-5-7(2-6(3-11)15-5)16(13,14)12-4-8(9)10/h2,8,12H,3-4,11H2,1H3. The first-order valence-corrected chi connectivity index (χ1v) is 5.92. The van der Waals surface area contributed by atoms with Gasteiger partial charge in [0, 0.05) is 6.07 Å². The van der Waals surface area contributed by atoms with Crippen LogP contribution in [0.1, 0.15) is 11.5 Å². The number of nitrogens with one attached hydrogen (secondary N) is 1. The molecule has 0 atom stereocenters. The molecule has 1 aromatic heterocycles. The van der Waals surface area contributed by atoms with Crippen LogP contribution in [0, 0.1) is 6.92 Å². The Morgan fingerprint density at radius 1 is 1.56 bits per heavy atom. The zero-order valence-corrected chi connectivity index (χ0v) is 9.35. The Labute approximate surface area is 91.7 Å². The fourth-order valence-corrected chi connectivity index (χ4v) is 2.35. The summed E-state index contributed by atoms with van der Waals surface area (Å²) in [5, 5.41) is 0. The summed E-state index contributed by atoms with van der Waals surface area (Å²) in [6.45, 7) is 0.548. The van der Waals surface area contributed by atoms with Crippen molar-refractivity contribution in [2.45, 2.75) is 24.8 Å². The first-order valence-electron chi connectivity index (χ1n) is 4.44. The Morgan fingerprint density at radius 3 is 2.62 bits per heavy atom. The molecule has 0 aromatic carbocycles. The van der Waals surface area contributed by atoms with Gasteiger partial charge in [-0.05, 0) is 6.92 Å². The topological polar surface area (TPSA) is 85.3 Å². The smallest absolute Gasteiger partial charge is 0.251 e. The lowest BCUT2D eigenvalue weighted by Gasteiger charge is -2.03. The van der Waals surface area contributed by atoms with Gasteiger partial charge >= 0.3 is 0 Å².